The minimum atomic E-state index is -0.362. The molecule has 0 saturated carbocycles. The van der Waals surface area contributed by atoms with E-state index in [2.05, 4.69) is 38.9 Å². The zero-order valence-electron chi connectivity index (χ0n) is 16.3. The molecule has 1 fully saturated rings. The van der Waals surface area contributed by atoms with Gasteiger partial charge in [0.2, 0.25) is 0 Å². The fourth-order valence-corrected chi connectivity index (χ4v) is 4.28. The topological polar surface area (TPSA) is 83.2 Å². The Kier molecular flexibility index (Phi) is 4.61. The van der Waals surface area contributed by atoms with E-state index >= 15 is 0 Å². The number of hydrogen-bond acceptors (Lipinski definition) is 5. The van der Waals surface area contributed by atoms with Crippen LogP contribution in [0.5, 0.6) is 0 Å². The highest BCUT2D eigenvalue weighted by Gasteiger charge is 2.18. The first kappa shape index (κ1) is 19.2. The fourth-order valence-electron chi connectivity index (χ4n) is 3.90. The number of rotatable bonds is 2. The maximum Gasteiger partial charge on any atom is 0.280 e. The lowest BCUT2D eigenvalue weighted by Crippen LogP contribution is -2.44. The summed E-state index contributed by atoms with van der Waals surface area (Å²) in [6.45, 7) is 4.01. The van der Waals surface area contributed by atoms with E-state index in [0.717, 1.165) is 47.6 Å². The van der Waals surface area contributed by atoms with Gasteiger partial charge in [0.25, 0.3) is 5.56 Å². The lowest BCUT2D eigenvalue weighted by Gasteiger charge is -2.34. The van der Waals surface area contributed by atoms with Gasteiger partial charge in [-0.05, 0) is 43.4 Å². The maximum atomic E-state index is 12.9. The van der Waals surface area contributed by atoms with Crippen LogP contribution in [0.2, 0.25) is 10.0 Å². The molecule has 1 saturated heterocycles. The van der Waals surface area contributed by atoms with Crippen LogP contribution in [-0.4, -0.2) is 52.8 Å². The Morgan fingerprint density at radius 1 is 1.07 bits per heavy atom. The smallest absolute Gasteiger partial charge is 0.280 e. The molecule has 0 aliphatic carbocycles. The summed E-state index contributed by atoms with van der Waals surface area (Å²) < 4.78 is 1.08. The van der Waals surface area contributed by atoms with E-state index in [1.165, 1.54) is 0 Å². The Morgan fingerprint density at radius 3 is 2.60 bits per heavy atom. The SMILES string of the molecule is CN1CCN(c2ccc3nc(-c4cc5c(Cl)c(Cl)ccc5n(N)c4=O)[nH]c3c2)CC1. The number of aromatic amines is 1. The molecule has 4 aromatic rings. The zero-order chi connectivity index (χ0) is 21.0. The summed E-state index contributed by atoms with van der Waals surface area (Å²) in [6.07, 6.45) is 0. The normalized spacial score (nSPS) is 15.4. The molecule has 154 valence electrons. The molecule has 0 amide bonds. The maximum absolute atomic E-state index is 12.9. The van der Waals surface area contributed by atoms with Crippen LogP contribution in [0.25, 0.3) is 33.3 Å². The minimum absolute atomic E-state index is 0.339. The van der Waals surface area contributed by atoms with E-state index < -0.39 is 0 Å². The van der Waals surface area contributed by atoms with Crippen molar-refractivity contribution in [2.24, 2.45) is 0 Å². The van der Waals surface area contributed by atoms with Gasteiger partial charge >= 0.3 is 0 Å². The number of benzene rings is 2. The number of pyridine rings is 1. The first-order valence-corrected chi connectivity index (χ1v) is 10.4. The van der Waals surface area contributed by atoms with E-state index in [-0.39, 0.29) is 5.56 Å². The Labute approximate surface area is 182 Å². The monoisotopic (exact) mass is 442 g/mol. The van der Waals surface area contributed by atoms with Gasteiger partial charge in [-0.3, -0.25) is 4.79 Å². The number of aromatic nitrogens is 3. The number of H-pyrrole nitrogens is 1. The second-order valence-electron chi connectivity index (χ2n) is 7.60. The summed E-state index contributed by atoms with van der Waals surface area (Å²) in [6, 6.07) is 11.1. The number of piperazine rings is 1. The summed E-state index contributed by atoms with van der Waals surface area (Å²) in [7, 11) is 2.13. The average molecular weight is 443 g/mol. The molecule has 2 aromatic heterocycles. The summed E-state index contributed by atoms with van der Waals surface area (Å²) in [4.78, 5) is 25.4. The van der Waals surface area contributed by atoms with Gasteiger partial charge in [0, 0.05) is 37.3 Å². The summed E-state index contributed by atoms with van der Waals surface area (Å²) >= 11 is 12.5. The van der Waals surface area contributed by atoms with E-state index in [9.17, 15) is 4.79 Å². The second-order valence-corrected chi connectivity index (χ2v) is 8.39. The van der Waals surface area contributed by atoms with E-state index in [4.69, 9.17) is 29.0 Å². The standard InChI is InChI=1S/C21H20Cl2N6O/c1-27-6-8-28(9-7-27)12-2-4-16-17(10-12)26-20(25-16)14-11-13-18(29(24)21(14)30)5-3-15(22)19(13)23/h2-5,10-11H,6-9,24H2,1H3,(H,25,26). The number of nitrogens with zero attached hydrogens (tertiary/aromatic N) is 4. The van der Waals surface area contributed by atoms with Crippen LogP contribution in [0, 0.1) is 0 Å². The lowest BCUT2D eigenvalue weighted by molar-refractivity contribution is 0.313. The molecule has 0 radical (unpaired) electrons. The Balaban J connectivity index is 1.61. The van der Waals surface area contributed by atoms with Crippen LogP contribution in [0.1, 0.15) is 0 Å². The molecule has 3 N–H and O–H groups in total. The van der Waals surface area contributed by atoms with E-state index in [1.54, 1.807) is 18.2 Å². The van der Waals surface area contributed by atoms with Crippen molar-refractivity contribution >= 4 is 50.8 Å². The van der Waals surface area contributed by atoms with Crippen LogP contribution >= 0.6 is 23.2 Å². The molecular formula is C21H20Cl2N6O. The number of nitrogens with one attached hydrogen (secondary N) is 1. The highest BCUT2D eigenvalue weighted by molar-refractivity contribution is 6.45. The van der Waals surface area contributed by atoms with Crippen LogP contribution in [0.3, 0.4) is 0 Å². The molecule has 0 spiro atoms. The molecule has 0 bridgehead atoms. The van der Waals surface area contributed by atoms with Crippen molar-refractivity contribution in [3.05, 3.63) is 56.8 Å². The van der Waals surface area contributed by atoms with Gasteiger partial charge in [-0.15, -0.1) is 0 Å². The van der Waals surface area contributed by atoms with E-state index in [1.807, 2.05) is 6.07 Å². The molecule has 9 heteroatoms. The van der Waals surface area contributed by atoms with Gasteiger partial charge in [-0.25, -0.2) is 9.66 Å². The van der Waals surface area contributed by atoms with Crippen LogP contribution in [0.4, 0.5) is 5.69 Å². The van der Waals surface area contributed by atoms with Crippen molar-refractivity contribution in [2.75, 3.05) is 44.0 Å². The first-order chi connectivity index (χ1) is 14.4. The highest BCUT2D eigenvalue weighted by Crippen LogP contribution is 2.32. The van der Waals surface area contributed by atoms with Gasteiger partial charge < -0.3 is 20.6 Å². The van der Waals surface area contributed by atoms with Crippen molar-refractivity contribution in [1.29, 1.82) is 0 Å². The van der Waals surface area contributed by atoms with Gasteiger partial charge in [-0.2, -0.15) is 0 Å². The van der Waals surface area contributed by atoms with Crippen LogP contribution < -0.4 is 16.3 Å². The highest BCUT2D eigenvalue weighted by atomic mass is 35.5. The largest absolute Gasteiger partial charge is 0.369 e. The zero-order valence-corrected chi connectivity index (χ0v) is 17.8. The molecule has 1 aliphatic rings. The third-order valence-electron chi connectivity index (χ3n) is 5.70. The van der Waals surface area contributed by atoms with Crippen LogP contribution in [-0.2, 0) is 0 Å². The third-order valence-corrected chi connectivity index (χ3v) is 6.51. The van der Waals surface area contributed by atoms with Crippen molar-refractivity contribution in [3.63, 3.8) is 0 Å². The molecule has 2 aromatic carbocycles. The number of imidazole rings is 1. The van der Waals surface area contributed by atoms with Crippen molar-refractivity contribution < 1.29 is 0 Å². The molecule has 1 aliphatic heterocycles. The predicted molar refractivity (Wildman–Crippen MR) is 123 cm³/mol. The Hall–Kier alpha value is -2.74. The minimum Gasteiger partial charge on any atom is -0.369 e. The fraction of sp³-hybridized carbons (Fsp3) is 0.238. The van der Waals surface area contributed by atoms with Gasteiger partial charge in [0.1, 0.15) is 5.82 Å². The van der Waals surface area contributed by atoms with Crippen molar-refractivity contribution in [2.45, 2.75) is 0 Å². The molecular weight excluding hydrogens is 423 g/mol. The number of fused-ring (bicyclic) bond motifs is 2. The van der Waals surface area contributed by atoms with Gasteiger partial charge in [0.05, 0.1) is 32.2 Å². The lowest BCUT2D eigenvalue weighted by atomic mass is 10.1. The molecule has 0 atom stereocenters. The van der Waals surface area contributed by atoms with Crippen molar-refractivity contribution in [3.8, 4) is 11.4 Å². The van der Waals surface area contributed by atoms with Gasteiger partial charge in [0.15, 0.2) is 0 Å². The first-order valence-electron chi connectivity index (χ1n) is 9.65. The summed E-state index contributed by atoms with van der Waals surface area (Å²) in [5, 5.41) is 1.35. The summed E-state index contributed by atoms with van der Waals surface area (Å²) in [5.74, 6) is 6.50. The second kappa shape index (κ2) is 7.19. The molecule has 0 unspecified atom stereocenters. The number of nitrogens with two attached hydrogens (primary N) is 1. The molecule has 3 heterocycles. The number of likely N-dealkylation sites (N-methyl/N-ethyl adjacent to an activating group) is 1. The van der Waals surface area contributed by atoms with E-state index in [0.29, 0.717) is 32.3 Å². The predicted octanol–water partition coefficient (Wildman–Crippen LogP) is 3.32. The van der Waals surface area contributed by atoms with Crippen molar-refractivity contribution in [1.82, 2.24) is 19.5 Å². The molecule has 5 rings (SSSR count). The number of nitrogen functional groups attached to an aromatic ring is 1. The molecule has 7 nitrogen and oxygen atoms in total. The quantitative estimate of drug-likeness (QED) is 0.465. The number of halogens is 2. The number of hydrogen-bond donors (Lipinski definition) is 2. The third kappa shape index (κ3) is 3.10. The Bertz CT molecular complexity index is 1340. The average Bonchev–Trinajstić information content (AvgIpc) is 3.17. The molecule has 30 heavy (non-hydrogen) atoms. The van der Waals surface area contributed by atoms with Gasteiger partial charge in [-0.1, -0.05) is 23.2 Å². The summed E-state index contributed by atoms with van der Waals surface area (Å²) in [5.41, 5.74) is 3.26. The number of anilines is 1. The Morgan fingerprint density at radius 2 is 1.83 bits per heavy atom. The van der Waals surface area contributed by atoms with Crippen LogP contribution in [0.15, 0.2) is 41.2 Å².